The number of hydrogen-bond acceptors (Lipinski definition) is 6. The van der Waals surface area contributed by atoms with Gasteiger partial charge in [-0.05, 0) is 82.7 Å². The van der Waals surface area contributed by atoms with Crippen molar-refractivity contribution in [3.05, 3.63) is 47.9 Å². The molecule has 2 fully saturated rings. The van der Waals surface area contributed by atoms with Crippen molar-refractivity contribution >= 4 is 12.0 Å². The molecular weight excluding hydrogens is 487 g/mol. The quantitative estimate of drug-likeness (QED) is 0.525. The number of rotatable bonds is 9. The van der Waals surface area contributed by atoms with Gasteiger partial charge in [0.15, 0.2) is 0 Å². The molecule has 0 aliphatic carbocycles. The summed E-state index contributed by atoms with van der Waals surface area (Å²) in [6, 6.07) is 8.28. The molecule has 8 nitrogen and oxygen atoms in total. The van der Waals surface area contributed by atoms with Crippen LogP contribution in [0.4, 0.5) is 9.18 Å². The summed E-state index contributed by atoms with van der Waals surface area (Å²) in [7, 11) is 1.74. The fourth-order valence-corrected chi connectivity index (χ4v) is 4.97. The normalized spacial score (nSPS) is 17.1. The van der Waals surface area contributed by atoms with Gasteiger partial charge in [-0.3, -0.25) is 9.78 Å². The predicted molar refractivity (Wildman–Crippen MR) is 143 cm³/mol. The molecule has 1 unspecified atom stereocenters. The van der Waals surface area contributed by atoms with E-state index in [1.54, 1.807) is 24.2 Å². The van der Waals surface area contributed by atoms with Crippen LogP contribution in [0.2, 0.25) is 0 Å². The molecule has 38 heavy (non-hydrogen) atoms. The Morgan fingerprint density at radius 3 is 2.42 bits per heavy atom. The third-order valence-electron chi connectivity index (χ3n) is 7.27. The minimum atomic E-state index is -0.441. The van der Waals surface area contributed by atoms with Gasteiger partial charge >= 0.3 is 6.09 Å². The Morgan fingerprint density at radius 1 is 1.08 bits per heavy atom. The number of likely N-dealkylation sites (N-methyl/N-ethyl adjacent to an activating group) is 1. The zero-order valence-corrected chi connectivity index (χ0v) is 22.6. The van der Waals surface area contributed by atoms with Crippen molar-refractivity contribution in [1.82, 2.24) is 20.1 Å². The van der Waals surface area contributed by atoms with Crippen LogP contribution in [-0.2, 0) is 16.0 Å². The number of benzene rings is 1. The number of ether oxygens (including phenoxy) is 2. The Labute approximate surface area is 224 Å². The first-order chi connectivity index (χ1) is 18.3. The first kappa shape index (κ1) is 27.8. The van der Waals surface area contributed by atoms with E-state index in [1.807, 2.05) is 36.9 Å². The van der Waals surface area contributed by atoms with Gasteiger partial charge in [-0.15, -0.1) is 0 Å². The van der Waals surface area contributed by atoms with Crippen molar-refractivity contribution in [2.75, 3.05) is 39.8 Å². The van der Waals surface area contributed by atoms with E-state index in [9.17, 15) is 14.0 Å². The van der Waals surface area contributed by atoms with E-state index in [2.05, 4.69) is 10.3 Å². The smallest absolute Gasteiger partial charge is 0.410 e. The molecule has 4 rings (SSSR count). The van der Waals surface area contributed by atoms with Crippen molar-refractivity contribution in [2.45, 2.75) is 58.1 Å². The van der Waals surface area contributed by atoms with Gasteiger partial charge in [-0.25, -0.2) is 9.18 Å². The minimum Gasteiger partial charge on any atom is -0.492 e. The molecule has 2 aromatic rings. The molecule has 2 aliphatic rings. The first-order valence-corrected chi connectivity index (χ1v) is 13.6. The molecule has 206 valence electrons. The van der Waals surface area contributed by atoms with Crippen LogP contribution in [0.3, 0.4) is 0 Å². The zero-order valence-electron chi connectivity index (χ0n) is 22.6. The van der Waals surface area contributed by atoms with Crippen LogP contribution in [0.25, 0.3) is 11.3 Å². The van der Waals surface area contributed by atoms with Crippen LogP contribution in [0.5, 0.6) is 5.75 Å². The summed E-state index contributed by atoms with van der Waals surface area (Å²) >= 11 is 0. The summed E-state index contributed by atoms with van der Waals surface area (Å²) < 4.78 is 26.2. The number of likely N-dealkylation sites (tertiary alicyclic amines) is 2. The number of halogens is 1. The van der Waals surface area contributed by atoms with E-state index in [-0.39, 0.29) is 23.9 Å². The van der Waals surface area contributed by atoms with E-state index in [0.29, 0.717) is 54.6 Å². The van der Waals surface area contributed by atoms with Crippen LogP contribution in [0.1, 0.15) is 45.1 Å². The van der Waals surface area contributed by atoms with Gasteiger partial charge in [-0.1, -0.05) is 12.1 Å². The first-order valence-electron chi connectivity index (χ1n) is 13.6. The maximum absolute atomic E-state index is 15.0. The summed E-state index contributed by atoms with van der Waals surface area (Å²) in [4.78, 5) is 32.9. The monoisotopic (exact) mass is 526 g/mol. The maximum atomic E-state index is 15.0. The Hall–Kier alpha value is -3.20. The lowest BCUT2D eigenvalue weighted by Gasteiger charge is -2.31. The summed E-state index contributed by atoms with van der Waals surface area (Å²) in [5.41, 5.74) is 1.83. The van der Waals surface area contributed by atoms with Crippen molar-refractivity contribution in [2.24, 2.45) is 5.92 Å². The van der Waals surface area contributed by atoms with Gasteiger partial charge in [0.1, 0.15) is 11.6 Å². The number of piperidine rings is 1. The van der Waals surface area contributed by atoms with Gasteiger partial charge in [0, 0.05) is 31.7 Å². The molecule has 9 heteroatoms. The van der Waals surface area contributed by atoms with Crippen molar-refractivity contribution < 1.29 is 23.5 Å². The fourth-order valence-electron chi connectivity index (χ4n) is 4.97. The van der Waals surface area contributed by atoms with Crippen LogP contribution < -0.4 is 10.1 Å². The molecule has 0 radical (unpaired) electrons. The summed E-state index contributed by atoms with van der Waals surface area (Å²) in [5, 5.41) is 3.05. The molecule has 0 spiro atoms. The molecule has 1 N–H and O–H groups in total. The lowest BCUT2D eigenvalue weighted by molar-refractivity contribution is -0.132. The van der Waals surface area contributed by atoms with Crippen molar-refractivity contribution in [3.8, 4) is 17.0 Å². The van der Waals surface area contributed by atoms with Crippen LogP contribution in [0.15, 0.2) is 36.5 Å². The molecule has 1 aromatic carbocycles. The van der Waals surface area contributed by atoms with Gasteiger partial charge in [-0.2, -0.15) is 0 Å². The molecule has 2 amide bonds. The van der Waals surface area contributed by atoms with Gasteiger partial charge in [0.2, 0.25) is 5.91 Å². The number of hydrogen-bond donors (Lipinski definition) is 1. The second-order valence-electron chi connectivity index (χ2n) is 10.4. The molecule has 1 atom stereocenters. The number of nitrogens with one attached hydrogen (secondary N) is 1. The molecule has 2 aliphatic heterocycles. The average Bonchev–Trinajstić information content (AvgIpc) is 3.46. The van der Waals surface area contributed by atoms with Gasteiger partial charge < -0.3 is 24.6 Å². The predicted octanol–water partition coefficient (Wildman–Crippen LogP) is 4.28. The number of nitrogens with zero attached hydrogens (tertiary/aromatic N) is 3. The Balaban J connectivity index is 1.28. The summed E-state index contributed by atoms with van der Waals surface area (Å²) in [5.74, 6) is 0.704. The standard InChI is InChI=1S/C29H39FN4O4/c1-20(2)38-29(36)34-14-10-21(11-15-34)19-37-24-8-9-26(32-18-24)23-7-6-22(25(30)16-23)17-27(31-3)28(35)33-12-4-5-13-33/h6-9,16,18,20-21,27,31H,4-5,10-15,17,19H2,1-3H3. The Morgan fingerprint density at radius 2 is 1.82 bits per heavy atom. The molecule has 1 aromatic heterocycles. The molecule has 2 saturated heterocycles. The lowest BCUT2D eigenvalue weighted by Crippen LogP contribution is -2.45. The second kappa shape index (κ2) is 13.0. The van der Waals surface area contributed by atoms with Gasteiger partial charge in [0.05, 0.1) is 30.6 Å². The lowest BCUT2D eigenvalue weighted by atomic mass is 9.98. The minimum absolute atomic E-state index is 0.0323. The zero-order chi connectivity index (χ0) is 27.1. The van der Waals surface area contributed by atoms with E-state index < -0.39 is 6.04 Å². The molecule has 0 bridgehead atoms. The highest BCUT2D eigenvalue weighted by molar-refractivity contribution is 5.82. The number of amides is 2. The molecular formula is C29H39FN4O4. The Bertz CT molecular complexity index is 1080. The van der Waals surface area contributed by atoms with Gasteiger partial charge in [0.25, 0.3) is 0 Å². The largest absolute Gasteiger partial charge is 0.492 e. The molecule has 3 heterocycles. The summed E-state index contributed by atoms with van der Waals surface area (Å²) in [6.45, 7) is 7.14. The maximum Gasteiger partial charge on any atom is 0.410 e. The van der Waals surface area contributed by atoms with Crippen LogP contribution in [0, 0.1) is 11.7 Å². The molecule has 0 saturated carbocycles. The Kier molecular flexibility index (Phi) is 9.55. The van der Waals surface area contributed by atoms with Crippen LogP contribution in [-0.4, -0.2) is 78.8 Å². The topological polar surface area (TPSA) is 84.0 Å². The second-order valence-corrected chi connectivity index (χ2v) is 10.4. The van der Waals surface area contributed by atoms with E-state index >= 15 is 0 Å². The average molecular weight is 527 g/mol. The third-order valence-corrected chi connectivity index (χ3v) is 7.27. The highest BCUT2D eigenvalue weighted by Gasteiger charge is 2.27. The van der Waals surface area contributed by atoms with E-state index in [1.165, 1.54) is 6.07 Å². The van der Waals surface area contributed by atoms with E-state index in [0.717, 1.165) is 38.8 Å². The highest BCUT2D eigenvalue weighted by Crippen LogP contribution is 2.25. The third kappa shape index (κ3) is 7.22. The highest BCUT2D eigenvalue weighted by atomic mass is 19.1. The fraction of sp³-hybridized carbons (Fsp3) is 0.552. The van der Waals surface area contributed by atoms with E-state index in [4.69, 9.17) is 9.47 Å². The SMILES string of the molecule is CNC(Cc1ccc(-c2ccc(OCC3CCN(C(=O)OC(C)C)CC3)cn2)cc1F)C(=O)N1CCCC1. The number of carbonyl (C=O) groups is 2. The van der Waals surface area contributed by atoms with Crippen LogP contribution >= 0.6 is 0 Å². The summed E-state index contributed by atoms with van der Waals surface area (Å²) in [6.07, 6.45) is 5.37. The van der Waals surface area contributed by atoms with Crippen molar-refractivity contribution in [1.29, 1.82) is 0 Å². The van der Waals surface area contributed by atoms with Crippen molar-refractivity contribution in [3.63, 3.8) is 0 Å². The number of pyridine rings is 1. The number of carbonyl (C=O) groups excluding carboxylic acids is 2. The number of aromatic nitrogens is 1.